The van der Waals surface area contributed by atoms with Crippen molar-refractivity contribution in [2.45, 2.75) is 30.8 Å². The summed E-state index contributed by atoms with van der Waals surface area (Å²) in [5.41, 5.74) is 0.964. The Kier molecular flexibility index (Phi) is 6.66. The zero-order valence-corrected chi connectivity index (χ0v) is 16.5. The van der Waals surface area contributed by atoms with Crippen molar-refractivity contribution >= 4 is 21.6 Å². The highest BCUT2D eigenvalue weighted by molar-refractivity contribution is 7.89. The first kappa shape index (κ1) is 20.3. The highest BCUT2D eigenvalue weighted by atomic mass is 32.2. The Hall–Kier alpha value is -2.42. The van der Waals surface area contributed by atoms with E-state index >= 15 is 0 Å². The van der Waals surface area contributed by atoms with Crippen LogP contribution in [0.2, 0.25) is 0 Å². The molecule has 3 rings (SSSR count). The summed E-state index contributed by atoms with van der Waals surface area (Å²) in [5, 5.41) is 2.75. The lowest BCUT2D eigenvalue weighted by Crippen LogP contribution is -2.31. The zero-order valence-electron chi connectivity index (χ0n) is 15.7. The van der Waals surface area contributed by atoms with E-state index in [1.54, 1.807) is 36.4 Å². The molecule has 8 heteroatoms. The summed E-state index contributed by atoms with van der Waals surface area (Å²) < 4.78 is 38.1. The fourth-order valence-electron chi connectivity index (χ4n) is 2.91. The maximum atomic E-state index is 12.4. The molecule has 1 saturated heterocycles. The Morgan fingerprint density at radius 2 is 2.00 bits per heavy atom. The summed E-state index contributed by atoms with van der Waals surface area (Å²) in [6.07, 6.45) is 1.74. The van der Waals surface area contributed by atoms with Gasteiger partial charge in [-0.1, -0.05) is 6.07 Å². The van der Waals surface area contributed by atoms with Crippen LogP contribution in [0.3, 0.4) is 0 Å². The Bertz CT molecular complexity index is 906. The number of rotatable bonds is 8. The average molecular weight is 404 g/mol. The van der Waals surface area contributed by atoms with Crippen LogP contribution in [0, 0.1) is 0 Å². The molecular formula is C20H24N2O5S. The van der Waals surface area contributed by atoms with Crippen molar-refractivity contribution in [3.8, 4) is 5.75 Å². The van der Waals surface area contributed by atoms with Crippen LogP contribution >= 0.6 is 0 Å². The highest BCUT2D eigenvalue weighted by Crippen LogP contribution is 2.18. The highest BCUT2D eigenvalue weighted by Gasteiger charge is 2.20. The number of anilines is 1. The molecule has 2 aromatic rings. The molecule has 1 fully saturated rings. The molecule has 1 unspecified atom stereocenters. The Morgan fingerprint density at radius 3 is 2.68 bits per heavy atom. The molecule has 0 aliphatic carbocycles. The molecule has 1 heterocycles. The Balaban J connectivity index is 1.62. The third-order valence-corrected chi connectivity index (χ3v) is 5.79. The molecule has 1 aliphatic heterocycles. The number of amides is 1. The molecule has 1 amide bonds. The average Bonchev–Trinajstić information content (AvgIpc) is 3.21. The first-order valence-electron chi connectivity index (χ1n) is 9.23. The smallest absolute Gasteiger partial charge is 0.255 e. The molecular weight excluding hydrogens is 380 g/mol. The molecule has 0 aromatic heterocycles. The van der Waals surface area contributed by atoms with Crippen LogP contribution in [-0.2, 0) is 14.8 Å². The van der Waals surface area contributed by atoms with Crippen molar-refractivity contribution in [2.75, 3.05) is 25.1 Å². The van der Waals surface area contributed by atoms with Gasteiger partial charge in [0.15, 0.2) is 0 Å². The minimum absolute atomic E-state index is 0.0687. The van der Waals surface area contributed by atoms with Gasteiger partial charge in [-0.3, -0.25) is 4.79 Å². The van der Waals surface area contributed by atoms with E-state index < -0.39 is 10.0 Å². The van der Waals surface area contributed by atoms with Crippen molar-refractivity contribution in [3.05, 3.63) is 54.1 Å². The number of ether oxygens (including phenoxy) is 2. The van der Waals surface area contributed by atoms with E-state index in [4.69, 9.17) is 9.47 Å². The Labute approximate surface area is 165 Å². The van der Waals surface area contributed by atoms with E-state index in [0.29, 0.717) is 30.2 Å². The second-order valence-electron chi connectivity index (χ2n) is 6.43. The lowest BCUT2D eigenvalue weighted by Gasteiger charge is -2.12. The third-order valence-electron chi connectivity index (χ3n) is 4.35. The molecule has 2 N–H and O–H groups in total. The quantitative estimate of drug-likeness (QED) is 0.706. The van der Waals surface area contributed by atoms with E-state index in [1.807, 2.05) is 6.92 Å². The maximum Gasteiger partial charge on any atom is 0.255 e. The summed E-state index contributed by atoms with van der Waals surface area (Å²) in [4.78, 5) is 12.5. The van der Waals surface area contributed by atoms with Gasteiger partial charge in [-0.25, -0.2) is 13.1 Å². The number of nitrogens with one attached hydrogen (secondary N) is 2. The first-order chi connectivity index (χ1) is 13.5. The summed E-state index contributed by atoms with van der Waals surface area (Å²) in [7, 11) is -3.62. The van der Waals surface area contributed by atoms with Gasteiger partial charge in [-0.2, -0.15) is 0 Å². The van der Waals surface area contributed by atoms with E-state index in [2.05, 4.69) is 10.0 Å². The van der Waals surface area contributed by atoms with Crippen LogP contribution in [0.25, 0.3) is 0 Å². The monoisotopic (exact) mass is 404 g/mol. The lowest BCUT2D eigenvalue weighted by atomic mass is 10.2. The molecule has 150 valence electrons. The molecule has 1 aliphatic rings. The van der Waals surface area contributed by atoms with E-state index in [0.717, 1.165) is 12.8 Å². The predicted octanol–water partition coefficient (Wildman–Crippen LogP) is 2.79. The molecule has 0 spiro atoms. The topological polar surface area (TPSA) is 93.7 Å². The summed E-state index contributed by atoms with van der Waals surface area (Å²) >= 11 is 0. The minimum Gasteiger partial charge on any atom is -0.494 e. The van der Waals surface area contributed by atoms with Crippen LogP contribution in [0.4, 0.5) is 5.69 Å². The summed E-state index contributed by atoms with van der Waals surface area (Å²) in [5.74, 6) is 0.322. The molecule has 7 nitrogen and oxygen atoms in total. The van der Waals surface area contributed by atoms with Gasteiger partial charge < -0.3 is 14.8 Å². The fraction of sp³-hybridized carbons (Fsp3) is 0.350. The van der Waals surface area contributed by atoms with Gasteiger partial charge in [0.2, 0.25) is 10.0 Å². The fourth-order valence-corrected chi connectivity index (χ4v) is 3.97. The Morgan fingerprint density at radius 1 is 1.21 bits per heavy atom. The SMILES string of the molecule is CCOc1cccc(C(=O)Nc2ccc(S(=O)(=O)NCC3CCCO3)cc2)c1. The van der Waals surface area contributed by atoms with Crippen LogP contribution < -0.4 is 14.8 Å². The van der Waals surface area contributed by atoms with Crippen LogP contribution in [-0.4, -0.2) is 40.2 Å². The first-order valence-corrected chi connectivity index (χ1v) is 10.7. The number of benzene rings is 2. The van der Waals surface area contributed by atoms with Crippen molar-refractivity contribution < 1.29 is 22.7 Å². The second-order valence-corrected chi connectivity index (χ2v) is 8.19. The van der Waals surface area contributed by atoms with Gasteiger partial charge in [-0.05, 0) is 62.2 Å². The third kappa shape index (κ3) is 5.31. The van der Waals surface area contributed by atoms with E-state index in [9.17, 15) is 13.2 Å². The molecule has 2 aromatic carbocycles. The predicted molar refractivity (Wildman–Crippen MR) is 106 cm³/mol. The standard InChI is InChI=1S/C20H24N2O5S/c1-2-26-17-6-3-5-15(13-17)20(23)22-16-8-10-19(11-9-16)28(24,25)21-14-18-7-4-12-27-18/h3,5-6,8-11,13,18,21H,2,4,7,12,14H2,1H3,(H,22,23). The number of sulfonamides is 1. The van der Waals surface area contributed by atoms with Gasteiger partial charge in [0, 0.05) is 24.4 Å². The van der Waals surface area contributed by atoms with Crippen molar-refractivity contribution in [1.29, 1.82) is 0 Å². The summed E-state index contributed by atoms with van der Waals surface area (Å²) in [6.45, 7) is 3.32. The molecule has 0 radical (unpaired) electrons. The van der Waals surface area contributed by atoms with Gasteiger partial charge in [-0.15, -0.1) is 0 Å². The second kappa shape index (κ2) is 9.18. The normalized spacial score (nSPS) is 16.7. The van der Waals surface area contributed by atoms with Crippen molar-refractivity contribution in [3.63, 3.8) is 0 Å². The van der Waals surface area contributed by atoms with Crippen molar-refractivity contribution in [2.24, 2.45) is 0 Å². The lowest BCUT2D eigenvalue weighted by molar-refractivity contribution is 0.102. The van der Waals surface area contributed by atoms with Gasteiger partial charge in [0.05, 0.1) is 17.6 Å². The molecule has 0 saturated carbocycles. The molecule has 1 atom stereocenters. The van der Waals surface area contributed by atoms with Crippen LogP contribution in [0.1, 0.15) is 30.1 Å². The summed E-state index contributed by atoms with van der Waals surface area (Å²) in [6, 6.07) is 12.9. The zero-order chi connectivity index (χ0) is 20.0. The van der Waals surface area contributed by atoms with Gasteiger partial charge >= 0.3 is 0 Å². The minimum atomic E-state index is -3.62. The number of hydrogen-bond acceptors (Lipinski definition) is 5. The van der Waals surface area contributed by atoms with Gasteiger partial charge in [0.25, 0.3) is 5.91 Å². The van der Waals surface area contributed by atoms with E-state index in [1.165, 1.54) is 12.1 Å². The maximum absolute atomic E-state index is 12.4. The molecule has 28 heavy (non-hydrogen) atoms. The molecule has 0 bridgehead atoms. The van der Waals surface area contributed by atoms with Crippen LogP contribution in [0.15, 0.2) is 53.4 Å². The van der Waals surface area contributed by atoms with Crippen LogP contribution in [0.5, 0.6) is 5.75 Å². The largest absolute Gasteiger partial charge is 0.494 e. The number of hydrogen-bond donors (Lipinski definition) is 2. The van der Waals surface area contributed by atoms with E-state index in [-0.39, 0.29) is 23.5 Å². The number of carbonyl (C=O) groups excluding carboxylic acids is 1. The number of carbonyl (C=O) groups is 1. The van der Waals surface area contributed by atoms with Gasteiger partial charge in [0.1, 0.15) is 5.75 Å². The van der Waals surface area contributed by atoms with Crippen molar-refractivity contribution in [1.82, 2.24) is 4.72 Å².